The number of anilines is 1. The Labute approximate surface area is 121 Å². The zero-order valence-electron chi connectivity index (χ0n) is 10.9. The minimum atomic E-state index is -0.961. The summed E-state index contributed by atoms with van der Waals surface area (Å²) in [7, 11) is 0. The smallest absolute Gasteiger partial charge is 0.327 e. The number of carbonyl (C=O) groups is 2. The van der Waals surface area contributed by atoms with Crippen LogP contribution in [0.15, 0.2) is 24.3 Å². The van der Waals surface area contributed by atoms with Gasteiger partial charge in [-0.1, -0.05) is 18.2 Å². The van der Waals surface area contributed by atoms with Crippen molar-refractivity contribution in [2.45, 2.75) is 24.9 Å². The third-order valence-corrected chi connectivity index (χ3v) is 4.90. The molecule has 2 unspecified atom stereocenters. The molecular formula is C14H16N2O3S. The highest BCUT2D eigenvalue weighted by molar-refractivity contribution is 7.99. The third kappa shape index (κ3) is 2.35. The number of urea groups is 1. The quantitative estimate of drug-likeness (QED) is 0.871. The molecule has 106 valence electrons. The number of carbonyl (C=O) groups excluding carboxylic acids is 1. The number of para-hydroxylation sites is 1. The van der Waals surface area contributed by atoms with Gasteiger partial charge in [-0.05, 0) is 23.8 Å². The summed E-state index contributed by atoms with van der Waals surface area (Å²) in [6.45, 7) is 0. The third-order valence-electron chi connectivity index (χ3n) is 3.74. The average molecular weight is 292 g/mol. The predicted octanol–water partition coefficient (Wildman–Crippen LogP) is 1.72. The molecule has 2 heterocycles. The maximum absolute atomic E-state index is 12.4. The number of nitrogens with zero attached hydrogens (tertiary/aromatic N) is 1. The molecule has 3 rings (SSSR count). The van der Waals surface area contributed by atoms with Crippen LogP contribution in [0.1, 0.15) is 12.0 Å². The molecule has 1 saturated heterocycles. The van der Waals surface area contributed by atoms with E-state index >= 15 is 0 Å². The molecule has 6 heteroatoms. The highest BCUT2D eigenvalue weighted by atomic mass is 32.2. The first-order chi connectivity index (χ1) is 9.66. The van der Waals surface area contributed by atoms with Crippen LogP contribution in [0.25, 0.3) is 0 Å². The van der Waals surface area contributed by atoms with Crippen molar-refractivity contribution in [1.29, 1.82) is 0 Å². The van der Waals surface area contributed by atoms with Gasteiger partial charge in [0.15, 0.2) is 0 Å². The summed E-state index contributed by atoms with van der Waals surface area (Å²) in [5, 5.41) is 12.3. The molecular weight excluding hydrogens is 276 g/mol. The van der Waals surface area contributed by atoms with Gasteiger partial charge >= 0.3 is 12.0 Å². The number of carboxylic acid groups (broad SMARTS) is 1. The van der Waals surface area contributed by atoms with Gasteiger partial charge in [0, 0.05) is 23.9 Å². The molecule has 5 nitrogen and oxygen atoms in total. The lowest BCUT2D eigenvalue weighted by atomic mass is 10.1. The second kappa shape index (κ2) is 5.36. The van der Waals surface area contributed by atoms with Crippen molar-refractivity contribution < 1.29 is 14.7 Å². The van der Waals surface area contributed by atoms with Gasteiger partial charge in [0.1, 0.15) is 6.04 Å². The van der Waals surface area contributed by atoms with E-state index < -0.39 is 12.0 Å². The number of amides is 2. The molecule has 2 aliphatic heterocycles. The van der Waals surface area contributed by atoms with Crippen molar-refractivity contribution in [1.82, 2.24) is 5.32 Å². The van der Waals surface area contributed by atoms with Crippen LogP contribution in [0.5, 0.6) is 0 Å². The number of hydrogen-bond donors (Lipinski definition) is 2. The highest BCUT2D eigenvalue weighted by Crippen LogP contribution is 2.32. The SMILES string of the molecule is O=C(O)C1Cc2ccccc2N1C(=O)NC1CCSC1. The topological polar surface area (TPSA) is 69.6 Å². The van der Waals surface area contributed by atoms with Gasteiger partial charge in [0.25, 0.3) is 0 Å². The van der Waals surface area contributed by atoms with E-state index in [1.165, 1.54) is 4.90 Å². The zero-order valence-corrected chi connectivity index (χ0v) is 11.7. The van der Waals surface area contributed by atoms with Gasteiger partial charge < -0.3 is 10.4 Å². The van der Waals surface area contributed by atoms with E-state index in [1.54, 1.807) is 6.07 Å². The minimum Gasteiger partial charge on any atom is -0.480 e. The lowest BCUT2D eigenvalue weighted by Gasteiger charge is -2.24. The van der Waals surface area contributed by atoms with Gasteiger partial charge in [-0.15, -0.1) is 0 Å². The van der Waals surface area contributed by atoms with Gasteiger partial charge in [0.2, 0.25) is 0 Å². The molecule has 0 saturated carbocycles. The molecule has 1 fully saturated rings. The van der Waals surface area contributed by atoms with E-state index in [4.69, 9.17) is 0 Å². The Morgan fingerprint density at radius 1 is 1.35 bits per heavy atom. The molecule has 2 amide bonds. The summed E-state index contributed by atoms with van der Waals surface area (Å²) >= 11 is 1.81. The lowest BCUT2D eigenvalue weighted by Crippen LogP contribution is -2.50. The second-order valence-electron chi connectivity index (χ2n) is 5.07. The summed E-state index contributed by atoms with van der Waals surface area (Å²) in [4.78, 5) is 25.2. The molecule has 2 N–H and O–H groups in total. The van der Waals surface area contributed by atoms with Crippen molar-refractivity contribution in [3.8, 4) is 0 Å². The van der Waals surface area contributed by atoms with E-state index in [0.29, 0.717) is 12.1 Å². The largest absolute Gasteiger partial charge is 0.480 e. The lowest BCUT2D eigenvalue weighted by molar-refractivity contribution is -0.138. The van der Waals surface area contributed by atoms with Gasteiger partial charge in [-0.2, -0.15) is 11.8 Å². The Balaban J connectivity index is 1.84. The van der Waals surface area contributed by atoms with E-state index in [9.17, 15) is 14.7 Å². The van der Waals surface area contributed by atoms with Crippen LogP contribution in [0, 0.1) is 0 Å². The van der Waals surface area contributed by atoms with Crippen LogP contribution >= 0.6 is 11.8 Å². The molecule has 1 aromatic rings. The van der Waals surface area contributed by atoms with Crippen LogP contribution in [-0.4, -0.2) is 40.7 Å². The first-order valence-corrected chi connectivity index (χ1v) is 7.80. The maximum atomic E-state index is 12.4. The first-order valence-electron chi connectivity index (χ1n) is 6.65. The maximum Gasteiger partial charge on any atom is 0.327 e. The van der Waals surface area contributed by atoms with Crippen molar-refractivity contribution >= 4 is 29.4 Å². The molecule has 0 bridgehead atoms. The van der Waals surface area contributed by atoms with Gasteiger partial charge in [0.05, 0.1) is 0 Å². The molecule has 20 heavy (non-hydrogen) atoms. The fraction of sp³-hybridized carbons (Fsp3) is 0.429. The van der Waals surface area contributed by atoms with E-state index in [1.807, 2.05) is 30.0 Å². The number of nitrogens with one attached hydrogen (secondary N) is 1. The monoisotopic (exact) mass is 292 g/mol. The number of rotatable bonds is 2. The van der Waals surface area contributed by atoms with Crippen molar-refractivity contribution in [3.63, 3.8) is 0 Å². The molecule has 2 aliphatic rings. The van der Waals surface area contributed by atoms with Crippen LogP contribution in [-0.2, 0) is 11.2 Å². The number of carboxylic acids is 1. The fourth-order valence-corrected chi connectivity index (χ4v) is 3.88. The van der Waals surface area contributed by atoms with Crippen molar-refractivity contribution in [3.05, 3.63) is 29.8 Å². The number of fused-ring (bicyclic) bond motifs is 1. The van der Waals surface area contributed by atoms with Gasteiger partial charge in [-0.3, -0.25) is 4.90 Å². The summed E-state index contributed by atoms with van der Waals surface area (Å²) in [6.07, 6.45) is 1.32. The molecule has 2 atom stereocenters. The summed E-state index contributed by atoms with van der Waals surface area (Å²) in [5.41, 5.74) is 1.62. The minimum absolute atomic E-state index is 0.148. The van der Waals surface area contributed by atoms with Crippen LogP contribution < -0.4 is 10.2 Å². The predicted molar refractivity (Wildman–Crippen MR) is 78.3 cm³/mol. The van der Waals surface area contributed by atoms with Gasteiger partial charge in [-0.25, -0.2) is 9.59 Å². The number of aliphatic carboxylic acids is 1. The van der Waals surface area contributed by atoms with Crippen molar-refractivity contribution in [2.24, 2.45) is 0 Å². The summed E-state index contributed by atoms with van der Waals surface area (Å²) in [6, 6.07) is 6.43. The second-order valence-corrected chi connectivity index (χ2v) is 6.22. The Kier molecular flexibility index (Phi) is 3.56. The molecule has 1 aromatic carbocycles. The Hall–Kier alpha value is -1.69. The zero-order chi connectivity index (χ0) is 14.1. The summed E-state index contributed by atoms with van der Waals surface area (Å²) < 4.78 is 0. The van der Waals surface area contributed by atoms with Crippen LogP contribution in [0.4, 0.5) is 10.5 Å². The van der Waals surface area contributed by atoms with E-state index in [2.05, 4.69) is 5.32 Å². The van der Waals surface area contributed by atoms with Crippen LogP contribution in [0.3, 0.4) is 0 Å². The molecule has 0 radical (unpaired) electrons. The molecule has 0 aliphatic carbocycles. The number of benzene rings is 1. The number of thioether (sulfide) groups is 1. The van der Waals surface area contributed by atoms with E-state index in [-0.39, 0.29) is 12.1 Å². The Morgan fingerprint density at radius 2 is 2.15 bits per heavy atom. The Morgan fingerprint density at radius 3 is 2.85 bits per heavy atom. The number of hydrogen-bond acceptors (Lipinski definition) is 3. The first kappa shape index (κ1) is 13.3. The Bertz CT molecular complexity index is 543. The van der Waals surface area contributed by atoms with Crippen LogP contribution in [0.2, 0.25) is 0 Å². The normalized spacial score (nSPS) is 24.5. The molecule has 0 aromatic heterocycles. The highest BCUT2D eigenvalue weighted by Gasteiger charge is 2.38. The standard InChI is InChI=1S/C14H16N2O3S/c17-13(18)12-7-9-3-1-2-4-11(9)16(12)14(19)15-10-5-6-20-8-10/h1-4,10,12H,5-8H2,(H,15,19)(H,17,18). The summed E-state index contributed by atoms with van der Waals surface area (Å²) in [5.74, 6) is 0.986. The average Bonchev–Trinajstić information content (AvgIpc) is 3.04. The molecule has 0 spiro atoms. The van der Waals surface area contributed by atoms with E-state index in [0.717, 1.165) is 23.5 Å². The fourth-order valence-electron chi connectivity index (χ4n) is 2.73. The van der Waals surface area contributed by atoms with Crippen molar-refractivity contribution in [2.75, 3.05) is 16.4 Å².